The zero-order valence-electron chi connectivity index (χ0n) is 10.5. The first kappa shape index (κ1) is 12.2. The Kier molecular flexibility index (Phi) is 3.22. The van der Waals surface area contributed by atoms with Crippen LogP contribution < -0.4 is 14.8 Å². The fourth-order valence-electron chi connectivity index (χ4n) is 2.16. The van der Waals surface area contributed by atoms with Crippen LogP contribution in [0.1, 0.15) is 11.6 Å². The van der Waals surface area contributed by atoms with Crippen LogP contribution in [-0.4, -0.2) is 13.7 Å². The number of halogens is 1. The lowest BCUT2D eigenvalue weighted by Gasteiger charge is -2.28. The van der Waals surface area contributed by atoms with E-state index in [1.807, 2.05) is 42.5 Å². The van der Waals surface area contributed by atoms with Crippen LogP contribution in [-0.2, 0) is 0 Å². The fourth-order valence-corrected chi connectivity index (χ4v) is 2.33. The Bertz CT molecular complexity index is 583. The summed E-state index contributed by atoms with van der Waals surface area (Å²) >= 11 is 6.00. The monoisotopic (exact) mass is 275 g/mol. The molecule has 4 heteroatoms. The lowest BCUT2D eigenvalue weighted by Crippen LogP contribution is -2.23. The van der Waals surface area contributed by atoms with E-state index < -0.39 is 0 Å². The van der Waals surface area contributed by atoms with Crippen LogP contribution in [0.5, 0.6) is 11.5 Å². The molecule has 1 heterocycles. The lowest BCUT2D eigenvalue weighted by atomic mass is 10.1. The smallest absolute Gasteiger partial charge is 0.142 e. The Balaban J connectivity index is 1.84. The van der Waals surface area contributed by atoms with Gasteiger partial charge in [0.25, 0.3) is 0 Å². The molecule has 19 heavy (non-hydrogen) atoms. The van der Waals surface area contributed by atoms with Gasteiger partial charge < -0.3 is 14.8 Å². The summed E-state index contributed by atoms with van der Waals surface area (Å²) in [7, 11) is 1.66. The first-order chi connectivity index (χ1) is 9.26. The minimum Gasteiger partial charge on any atom is -0.497 e. The van der Waals surface area contributed by atoms with Gasteiger partial charge in [0.05, 0.1) is 18.8 Å². The molecular formula is C15H14ClNO2. The number of rotatable bonds is 2. The number of methoxy groups -OCH3 is 1. The maximum atomic E-state index is 6.00. The molecule has 1 unspecified atom stereocenters. The van der Waals surface area contributed by atoms with Crippen molar-refractivity contribution in [2.45, 2.75) is 6.04 Å². The molecular weight excluding hydrogens is 262 g/mol. The maximum Gasteiger partial charge on any atom is 0.142 e. The van der Waals surface area contributed by atoms with Crippen LogP contribution in [0.2, 0.25) is 5.02 Å². The number of hydrogen-bond acceptors (Lipinski definition) is 3. The van der Waals surface area contributed by atoms with Crippen LogP contribution in [0.15, 0.2) is 42.5 Å². The van der Waals surface area contributed by atoms with Gasteiger partial charge in [-0.15, -0.1) is 0 Å². The third-order valence-electron chi connectivity index (χ3n) is 3.20. The first-order valence-electron chi connectivity index (χ1n) is 6.09. The standard InChI is InChI=1S/C15H14ClNO2/c1-18-12-5-2-10(3-6-12)14-9-19-15-7-4-11(16)8-13(15)17-14/h2-8,14,17H,9H2,1H3. The summed E-state index contributed by atoms with van der Waals surface area (Å²) in [5.41, 5.74) is 2.09. The zero-order valence-corrected chi connectivity index (χ0v) is 11.3. The van der Waals surface area contributed by atoms with E-state index in [0.717, 1.165) is 22.7 Å². The molecule has 0 fully saturated rings. The minimum absolute atomic E-state index is 0.122. The molecule has 1 atom stereocenters. The second-order valence-corrected chi connectivity index (χ2v) is 4.86. The first-order valence-corrected chi connectivity index (χ1v) is 6.47. The molecule has 1 N–H and O–H groups in total. The molecule has 0 radical (unpaired) electrons. The molecule has 1 aliphatic heterocycles. The Hall–Kier alpha value is -1.87. The fraction of sp³-hybridized carbons (Fsp3) is 0.200. The van der Waals surface area contributed by atoms with Crippen molar-refractivity contribution in [3.05, 3.63) is 53.1 Å². The Morgan fingerprint density at radius 1 is 1.21 bits per heavy atom. The Morgan fingerprint density at radius 2 is 2.00 bits per heavy atom. The van der Waals surface area contributed by atoms with Crippen LogP contribution in [0.4, 0.5) is 5.69 Å². The molecule has 0 spiro atoms. The summed E-state index contributed by atoms with van der Waals surface area (Å²) < 4.78 is 10.9. The quantitative estimate of drug-likeness (QED) is 0.902. The molecule has 2 aromatic carbocycles. The third kappa shape index (κ3) is 2.47. The maximum absolute atomic E-state index is 6.00. The molecule has 0 bridgehead atoms. The number of ether oxygens (including phenoxy) is 2. The Morgan fingerprint density at radius 3 is 2.74 bits per heavy atom. The molecule has 0 aromatic heterocycles. The van der Waals surface area contributed by atoms with Crippen LogP contribution in [0.3, 0.4) is 0 Å². The number of hydrogen-bond donors (Lipinski definition) is 1. The summed E-state index contributed by atoms with van der Waals surface area (Å²) in [6.07, 6.45) is 0. The average Bonchev–Trinajstić information content (AvgIpc) is 2.46. The van der Waals surface area contributed by atoms with Crippen LogP contribution >= 0.6 is 11.6 Å². The van der Waals surface area contributed by atoms with Gasteiger partial charge in [-0.3, -0.25) is 0 Å². The third-order valence-corrected chi connectivity index (χ3v) is 3.43. The molecule has 1 aliphatic rings. The number of nitrogens with one attached hydrogen (secondary N) is 1. The lowest BCUT2D eigenvalue weighted by molar-refractivity contribution is 0.286. The van der Waals surface area contributed by atoms with E-state index in [-0.39, 0.29) is 6.04 Å². The molecule has 0 amide bonds. The number of benzene rings is 2. The molecule has 0 saturated carbocycles. The van der Waals surface area contributed by atoms with E-state index in [1.165, 1.54) is 0 Å². The normalized spacial score (nSPS) is 17.1. The van der Waals surface area contributed by atoms with Crippen LogP contribution in [0.25, 0.3) is 0 Å². The predicted molar refractivity (Wildman–Crippen MR) is 76.3 cm³/mol. The van der Waals surface area contributed by atoms with E-state index in [0.29, 0.717) is 11.6 Å². The summed E-state index contributed by atoms with van der Waals surface area (Å²) in [5, 5.41) is 4.14. The molecule has 2 aromatic rings. The largest absolute Gasteiger partial charge is 0.497 e. The molecule has 3 nitrogen and oxygen atoms in total. The van der Waals surface area contributed by atoms with Gasteiger partial charge in [-0.25, -0.2) is 0 Å². The van der Waals surface area contributed by atoms with Crippen molar-refractivity contribution in [1.29, 1.82) is 0 Å². The van der Waals surface area contributed by atoms with Crippen molar-refractivity contribution in [3.8, 4) is 11.5 Å². The van der Waals surface area contributed by atoms with Crippen molar-refractivity contribution >= 4 is 17.3 Å². The summed E-state index contributed by atoms with van der Waals surface area (Å²) in [6.45, 7) is 0.598. The van der Waals surface area contributed by atoms with E-state index in [1.54, 1.807) is 7.11 Å². The number of anilines is 1. The molecule has 3 rings (SSSR count). The van der Waals surface area contributed by atoms with Crippen molar-refractivity contribution in [1.82, 2.24) is 0 Å². The van der Waals surface area contributed by atoms with Gasteiger partial charge in [0.2, 0.25) is 0 Å². The minimum atomic E-state index is 0.122. The van der Waals surface area contributed by atoms with Gasteiger partial charge in [0, 0.05) is 5.02 Å². The molecule has 98 valence electrons. The highest BCUT2D eigenvalue weighted by Gasteiger charge is 2.20. The van der Waals surface area contributed by atoms with Gasteiger partial charge in [-0.1, -0.05) is 23.7 Å². The summed E-state index contributed by atoms with van der Waals surface area (Å²) in [6, 6.07) is 13.7. The molecule has 0 saturated heterocycles. The molecule has 0 aliphatic carbocycles. The zero-order chi connectivity index (χ0) is 13.2. The van der Waals surface area contributed by atoms with Crippen molar-refractivity contribution in [2.24, 2.45) is 0 Å². The SMILES string of the molecule is COc1ccc(C2COc3ccc(Cl)cc3N2)cc1. The van der Waals surface area contributed by atoms with E-state index in [4.69, 9.17) is 21.1 Å². The summed E-state index contributed by atoms with van der Waals surface area (Å²) in [4.78, 5) is 0. The van der Waals surface area contributed by atoms with Crippen molar-refractivity contribution < 1.29 is 9.47 Å². The van der Waals surface area contributed by atoms with Crippen LogP contribution in [0, 0.1) is 0 Å². The van der Waals surface area contributed by atoms with E-state index in [2.05, 4.69) is 5.32 Å². The predicted octanol–water partition coefficient (Wildman–Crippen LogP) is 3.89. The second kappa shape index (κ2) is 5.02. The highest BCUT2D eigenvalue weighted by atomic mass is 35.5. The van der Waals surface area contributed by atoms with Gasteiger partial charge in [0.15, 0.2) is 0 Å². The summed E-state index contributed by atoms with van der Waals surface area (Å²) in [5.74, 6) is 1.69. The Labute approximate surface area is 117 Å². The van der Waals surface area contributed by atoms with Gasteiger partial charge in [0.1, 0.15) is 18.1 Å². The topological polar surface area (TPSA) is 30.5 Å². The highest BCUT2D eigenvalue weighted by molar-refractivity contribution is 6.30. The van der Waals surface area contributed by atoms with Crippen molar-refractivity contribution in [3.63, 3.8) is 0 Å². The van der Waals surface area contributed by atoms with Crippen molar-refractivity contribution in [2.75, 3.05) is 19.0 Å². The van der Waals surface area contributed by atoms with Gasteiger partial charge >= 0.3 is 0 Å². The second-order valence-electron chi connectivity index (χ2n) is 4.42. The van der Waals surface area contributed by atoms with E-state index in [9.17, 15) is 0 Å². The van der Waals surface area contributed by atoms with Gasteiger partial charge in [-0.2, -0.15) is 0 Å². The highest BCUT2D eigenvalue weighted by Crippen LogP contribution is 2.35. The van der Waals surface area contributed by atoms with E-state index >= 15 is 0 Å². The average molecular weight is 276 g/mol. The van der Waals surface area contributed by atoms with Gasteiger partial charge in [-0.05, 0) is 35.9 Å². The number of fused-ring (bicyclic) bond motifs is 1.